The van der Waals surface area contributed by atoms with Gasteiger partial charge >= 0.3 is 16.4 Å². The van der Waals surface area contributed by atoms with Gasteiger partial charge < -0.3 is 4.84 Å². The molecule has 0 N–H and O–H groups in total. The Hall–Kier alpha value is -0.960. The van der Waals surface area contributed by atoms with E-state index in [-0.39, 0.29) is 6.54 Å². The number of hydrogen-bond acceptors (Lipinski definition) is 7. The largest absolute Gasteiger partial charge is 0.400 e. The van der Waals surface area contributed by atoms with Crippen molar-refractivity contribution in [3.05, 3.63) is 12.7 Å². The van der Waals surface area contributed by atoms with Crippen LogP contribution in [0, 0.1) is 0 Å². The van der Waals surface area contributed by atoms with Gasteiger partial charge in [0.25, 0.3) is 0 Å². The highest BCUT2D eigenvalue weighted by atomic mass is 32.3. The van der Waals surface area contributed by atoms with Gasteiger partial charge in [-0.3, -0.25) is 4.18 Å². The second-order valence-electron chi connectivity index (χ2n) is 3.95. The Balaban J connectivity index is 4.89. The van der Waals surface area contributed by atoms with Crippen molar-refractivity contribution in [1.82, 2.24) is 5.06 Å². The first-order valence-corrected chi connectivity index (χ1v) is 7.14. The molecule has 19 heavy (non-hydrogen) atoms. The van der Waals surface area contributed by atoms with Gasteiger partial charge in [-0.2, -0.15) is 8.42 Å². The van der Waals surface area contributed by atoms with Crippen LogP contribution in [0.25, 0.3) is 0 Å². The molecule has 0 rings (SSSR count). The molecule has 0 aromatic heterocycles. The van der Waals surface area contributed by atoms with Crippen molar-refractivity contribution in [2.45, 2.75) is 32.3 Å². The summed E-state index contributed by atoms with van der Waals surface area (Å²) in [6.07, 6.45) is 1.83. The van der Waals surface area contributed by atoms with E-state index in [0.717, 1.165) is 13.2 Å². The van der Waals surface area contributed by atoms with Crippen molar-refractivity contribution in [3.63, 3.8) is 0 Å². The number of carbonyl (C=O) groups is 1. The standard InChI is InChI=1S/C11H21NO6S/c1-6-10(13)17-12(4)9-11(7-2,8-3)18-19(14,15)16-5/h6H,1,7-9H2,2-5H3. The molecule has 0 aliphatic rings. The third-order valence-corrected chi connectivity index (χ3v) is 3.66. The topological polar surface area (TPSA) is 82.1 Å². The summed E-state index contributed by atoms with van der Waals surface area (Å²) in [6, 6.07) is 0. The number of hydroxylamine groups is 2. The molecule has 112 valence electrons. The lowest BCUT2D eigenvalue weighted by Crippen LogP contribution is -2.45. The van der Waals surface area contributed by atoms with E-state index in [9.17, 15) is 13.2 Å². The molecule has 0 fully saturated rings. The highest BCUT2D eigenvalue weighted by Crippen LogP contribution is 2.24. The van der Waals surface area contributed by atoms with Crippen LogP contribution in [0.3, 0.4) is 0 Å². The molecular weight excluding hydrogens is 274 g/mol. The van der Waals surface area contributed by atoms with Crippen LogP contribution in [0.5, 0.6) is 0 Å². The lowest BCUT2D eigenvalue weighted by atomic mass is 9.98. The molecule has 0 amide bonds. The Morgan fingerprint density at radius 2 is 1.89 bits per heavy atom. The van der Waals surface area contributed by atoms with Gasteiger partial charge in [-0.25, -0.2) is 8.98 Å². The smallest absolute Gasteiger partial charge is 0.365 e. The minimum absolute atomic E-state index is 0.0855. The predicted octanol–water partition coefficient (Wildman–Crippen LogP) is 1.03. The van der Waals surface area contributed by atoms with E-state index in [2.05, 4.69) is 10.8 Å². The van der Waals surface area contributed by atoms with Crippen molar-refractivity contribution < 1.29 is 26.4 Å². The van der Waals surface area contributed by atoms with Crippen LogP contribution in [-0.4, -0.2) is 45.8 Å². The summed E-state index contributed by atoms with van der Waals surface area (Å²) in [5.74, 6) is -0.627. The van der Waals surface area contributed by atoms with E-state index in [1.807, 2.05) is 0 Å². The third kappa shape index (κ3) is 6.15. The molecule has 0 saturated carbocycles. The monoisotopic (exact) mass is 295 g/mol. The van der Waals surface area contributed by atoms with Gasteiger partial charge in [0.1, 0.15) is 5.60 Å². The van der Waals surface area contributed by atoms with E-state index in [1.54, 1.807) is 13.8 Å². The highest BCUT2D eigenvalue weighted by Gasteiger charge is 2.35. The molecule has 8 heteroatoms. The van der Waals surface area contributed by atoms with Crippen LogP contribution < -0.4 is 0 Å². The minimum atomic E-state index is -4.07. The summed E-state index contributed by atoms with van der Waals surface area (Å²) in [5, 5.41) is 1.21. The Morgan fingerprint density at radius 3 is 2.26 bits per heavy atom. The molecule has 0 aliphatic heterocycles. The van der Waals surface area contributed by atoms with Crippen molar-refractivity contribution in [2.24, 2.45) is 0 Å². The van der Waals surface area contributed by atoms with E-state index in [0.29, 0.717) is 12.8 Å². The first kappa shape index (κ1) is 18.0. The molecule has 0 aromatic carbocycles. The molecule has 0 heterocycles. The summed E-state index contributed by atoms with van der Waals surface area (Å²) in [4.78, 5) is 15.9. The summed E-state index contributed by atoms with van der Waals surface area (Å²) in [5.41, 5.74) is -1.02. The average Bonchev–Trinajstić information content (AvgIpc) is 2.37. The van der Waals surface area contributed by atoms with Gasteiger partial charge in [0.15, 0.2) is 0 Å². The summed E-state index contributed by atoms with van der Waals surface area (Å²) in [7, 11) is -1.54. The maximum Gasteiger partial charge on any atom is 0.400 e. The molecular formula is C11H21NO6S. The van der Waals surface area contributed by atoms with Gasteiger partial charge in [0.05, 0.1) is 13.7 Å². The Kier molecular flexibility index (Phi) is 7.20. The molecule has 0 unspecified atom stereocenters. The number of likely N-dealkylation sites (N-methyl/N-ethyl adjacent to an activating group) is 1. The molecule has 0 aliphatic carbocycles. The molecule has 0 radical (unpaired) electrons. The van der Waals surface area contributed by atoms with Crippen LogP contribution in [0.4, 0.5) is 0 Å². The Labute approximate surface area is 114 Å². The number of nitrogens with zero attached hydrogens (tertiary/aromatic N) is 1. The maximum absolute atomic E-state index is 11.4. The molecule has 0 aromatic rings. The highest BCUT2D eigenvalue weighted by molar-refractivity contribution is 7.81. The van der Waals surface area contributed by atoms with Gasteiger partial charge in [-0.15, -0.1) is 5.06 Å². The molecule has 0 atom stereocenters. The van der Waals surface area contributed by atoms with E-state index >= 15 is 0 Å². The van der Waals surface area contributed by atoms with Crippen LogP contribution in [0.15, 0.2) is 12.7 Å². The second-order valence-corrected chi connectivity index (χ2v) is 5.27. The summed E-state index contributed by atoms with van der Waals surface area (Å²) in [6.45, 7) is 6.91. The molecule has 0 saturated heterocycles. The van der Waals surface area contributed by atoms with Crippen LogP contribution in [-0.2, 0) is 28.4 Å². The van der Waals surface area contributed by atoms with E-state index in [1.165, 1.54) is 12.1 Å². The zero-order valence-corrected chi connectivity index (χ0v) is 12.5. The van der Waals surface area contributed by atoms with E-state index < -0.39 is 22.0 Å². The van der Waals surface area contributed by atoms with Gasteiger partial charge in [0.2, 0.25) is 0 Å². The number of carbonyl (C=O) groups excluding carboxylic acids is 1. The first-order chi connectivity index (χ1) is 8.74. The van der Waals surface area contributed by atoms with Crippen LogP contribution in [0.1, 0.15) is 26.7 Å². The Morgan fingerprint density at radius 1 is 1.37 bits per heavy atom. The SMILES string of the molecule is C=CC(=O)ON(C)CC(CC)(CC)OS(=O)(=O)OC. The fourth-order valence-electron chi connectivity index (χ4n) is 1.50. The van der Waals surface area contributed by atoms with Gasteiger partial charge in [-0.1, -0.05) is 20.4 Å². The minimum Gasteiger partial charge on any atom is -0.365 e. The lowest BCUT2D eigenvalue weighted by molar-refractivity contribution is -0.187. The number of hydrogen-bond donors (Lipinski definition) is 0. The lowest BCUT2D eigenvalue weighted by Gasteiger charge is -2.33. The van der Waals surface area contributed by atoms with Gasteiger partial charge in [0, 0.05) is 13.1 Å². The van der Waals surface area contributed by atoms with Gasteiger partial charge in [-0.05, 0) is 12.8 Å². The Bertz CT molecular complexity index is 401. The fraction of sp³-hybridized carbons (Fsp3) is 0.727. The number of rotatable bonds is 9. The zero-order chi connectivity index (χ0) is 15.1. The molecule has 7 nitrogen and oxygen atoms in total. The van der Waals surface area contributed by atoms with Crippen molar-refractivity contribution in [3.8, 4) is 0 Å². The predicted molar refractivity (Wildman–Crippen MR) is 69.2 cm³/mol. The zero-order valence-electron chi connectivity index (χ0n) is 11.7. The first-order valence-electron chi connectivity index (χ1n) is 5.81. The third-order valence-electron chi connectivity index (χ3n) is 2.69. The van der Waals surface area contributed by atoms with E-state index in [4.69, 9.17) is 9.02 Å². The maximum atomic E-state index is 11.4. The quantitative estimate of drug-likeness (QED) is 0.464. The van der Waals surface area contributed by atoms with Crippen molar-refractivity contribution >= 4 is 16.4 Å². The summed E-state index contributed by atoms with van der Waals surface area (Å²) >= 11 is 0. The second kappa shape index (κ2) is 7.59. The average molecular weight is 295 g/mol. The van der Waals surface area contributed by atoms with Crippen LogP contribution >= 0.6 is 0 Å². The molecule has 0 spiro atoms. The summed E-state index contributed by atoms with van der Waals surface area (Å²) < 4.78 is 32.1. The van der Waals surface area contributed by atoms with Crippen molar-refractivity contribution in [2.75, 3.05) is 20.7 Å². The van der Waals surface area contributed by atoms with Crippen LogP contribution in [0.2, 0.25) is 0 Å². The van der Waals surface area contributed by atoms with Crippen molar-refractivity contribution in [1.29, 1.82) is 0 Å². The molecule has 0 bridgehead atoms. The normalized spacial score (nSPS) is 12.5. The fourth-order valence-corrected chi connectivity index (χ4v) is 2.29.